The molecule has 0 fully saturated rings. The van der Waals surface area contributed by atoms with Crippen LogP contribution in [0.5, 0.6) is 0 Å². The molecule has 0 radical (unpaired) electrons. The lowest BCUT2D eigenvalue weighted by Gasteiger charge is -2.16. The predicted molar refractivity (Wildman–Crippen MR) is 115 cm³/mol. The van der Waals surface area contributed by atoms with Crippen LogP contribution in [-0.4, -0.2) is 22.2 Å². The Bertz CT molecular complexity index is 1380. The molecule has 150 valence electrons. The summed E-state index contributed by atoms with van der Waals surface area (Å²) in [7, 11) is 1.26. The molecule has 0 bridgehead atoms. The second-order valence-corrected chi connectivity index (χ2v) is 7.02. The van der Waals surface area contributed by atoms with Gasteiger partial charge in [-0.05, 0) is 36.8 Å². The van der Waals surface area contributed by atoms with Gasteiger partial charge in [-0.25, -0.2) is 14.2 Å². The van der Waals surface area contributed by atoms with Crippen molar-refractivity contribution in [2.75, 3.05) is 7.11 Å². The lowest BCUT2D eigenvalue weighted by Crippen LogP contribution is -2.40. The summed E-state index contributed by atoms with van der Waals surface area (Å²) in [6.45, 7) is 2.28. The molecule has 0 N–H and O–H groups in total. The van der Waals surface area contributed by atoms with Crippen LogP contribution in [0.3, 0.4) is 0 Å². The van der Waals surface area contributed by atoms with Crippen LogP contribution in [-0.2, 0) is 11.3 Å². The van der Waals surface area contributed by atoms with Gasteiger partial charge in [0.25, 0.3) is 5.56 Å². The number of esters is 1. The number of fused-ring (bicyclic) bond motifs is 1. The highest BCUT2D eigenvalue weighted by Crippen LogP contribution is 2.16. The first kappa shape index (κ1) is 19.4. The highest BCUT2D eigenvalue weighted by Gasteiger charge is 2.19. The molecule has 4 aromatic rings. The normalized spacial score (nSPS) is 10.9. The second-order valence-electron chi connectivity index (χ2n) is 7.02. The topological polar surface area (TPSA) is 70.3 Å². The Kier molecular flexibility index (Phi) is 5.06. The lowest BCUT2D eigenvalue weighted by atomic mass is 10.1. The zero-order valence-electron chi connectivity index (χ0n) is 16.7. The number of benzene rings is 3. The molecule has 3 aromatic carbocycles. The Labute approximate surface area is 172 Å². The van der Waals surface area contributed by atoms with Gasteiger partial charge in [-0.2, -0.15) is 0 Å². The number of rotatable bonds is 4. The second kappa shape index (κ2) is 7.83. The predicted octanol–water partition coefficient (Wildman–Crippen LogP) is 3.30. The van der Waals surface area contributed by atoms with Crippen LogP contribution in [0.4, 0.5) is 0 Å². The van der Waals surface area contributed by atoms with Crippen LogP contribution in [0.25, 0.3) is 16.6 Å². The Balaban J connectivity index is 2.05. The number of carbonyl (C=O) groups is 1. The van der Waals surface area contributed by atoms with E-state index in [1.165, 1.54) is 13.2 Å². The molecule has 1 aromatic heterocycles. The first-order chi connectivity index (χ1) is 14.5. The zero-order valence-corrected chi connectivity index (χ0v) is 16.7. The molecule has 4 rings (SSSR count). The number of nitrogens with zero attached hydrogens (tertiary/aromatic N) is 2. The largest absolute Gasteiger partial charge is 0.465 e. The van der Waals surface area contributed by atoms with Gasteiger partial charge < -0.3 is 4.74 Å². The van der Waals surface area contributed by atoms with Crippen molar-refractivity contribution in [2.45, 2.75) is 13.5 Å². The standard InChI is InChI=1S/C24H20N2O4/c1-16-8-7-9-17(14-16)15-25-20-12-5-3-10-18(20)22(27)26(24(25)29)21-13-6-4-11-19(21)23(28)30-2/h3-14H,15H2,1-2H3. The molecule has 0 aliphatic carbocycles. The van der Waals surface area contributed by atoms with E-state index in [4.69, 9.17) is 4.74 Å². The first-order valence-electron chi connectivity index (χ1n) is 9.49. The van der Waals surface area contributed by atoms with Gasteiger partial charge in [0.1, 0.15) is 0 Å². The Morgan fingerprint density at radius 3 is 2.43 bits per heavy atom. The van der Waals surface area contributed by atoms with Crippen LogP contribution in [0.2, 0.25) is 0 Å². The number of carbonyl (C=O) groups excluding carboxylic acids is 1. The smallest absolute Gasteiger partial charge is 0.339 e. The van der Waals surface area contributed by atoms with E-state index < -0.39 is 17.2 Å². The minimum Gasteiger partial charge on any atom is -0.465 e. The summed E-state index contributed by atoms with van der Waals surface area (Å²) in [6.07, 6.45) is 0. The van der Waals surface area contributed by atoms with Crippen molar-refractivity contribution in [3.63, 3.8) is 0 Å². The monoisotopic (exact) mass is 400 g/mol. The third kappa shape index (κ3) is 3.33. The summed E-state index contributed by atoms with van der Waals surface area (Å²) >= 11 is 0. The van der Waals surface area contributed by atoms with Gasteiger partial charge in [0, 0.05) is 0 Å². The first-order valence-corrected chi connectivity index (χ1v) is 9.49. The van der Waals surface area contributed by atoms with Crippen molar-refractivity contribution < 1.29 is 9.53 Å². The van der Waals surface area contributed by atoms with Crippen molar-refractivity contribution in [1.29, 1.82) is 0 Å². The van der Waals surface area contributed by atoms with Crippen LogP contribution < -0.4 is 11.2 Å². The maximum atomic E-state index is 13.5. The Morgan fingerprint density at radius 1 is 0.933 bits per heavy atom. The summed E-state index contributed by atoms with van der Waals surface area (Å²) < 4.78 is 7.44. The third-order valence-electron chi connectivity index (χ3n) is 5.02. The van der Waals surface area contributed by atoms with Crippen LogP contribution in [0.1, 0.15) is 21.5 Å². The van der Waals surface area contributed by atoms with Crippen molar-refractivity contribution in [1.82, 2.24) is 9.13 Å². The number of hydrogen-bond acceptors (Lipinski definition) is 4. The number of ether oxygens (including phenoxy) is 1. The average Bonchev–Trinajstić information content (AvgIpc) is 2.76. The number of hydrogen-bond donors (Lipinski definition) is 0. The minimum atomic E-state index is -0.615. The molecular formula is C24H20N2O4. The molecule has 6 heteroatoms. The summed E-state index contributed by atoms with van der Waals surface area (Å²) in [5.74, 6) is -0.615. The molecule has 0 saturated carbocycles. The molecule has 0 aliphatic heterocycles. The highest BCUT2D eigenvalue weighted by atomic mass is 16.5. The quantitative estimate of drug-likeness (QED) is 0.493. The fraction of sp³-hybridized carbons (Fsp3) is 0.125. The van der Waals surface area contributed by atoms with Crippen molar-refractivity contribution in [3.05, 3.63) is 110 Å². The summed E-state index contributed by atoms with van der Waals surface area (Å²) in [4.78, 5) is 39.1. The summed E-state index contributed by atoms with van der Waals surface area (Å²) in [5.41, 5.74) is 1.91. The van der Waals surface area contributed by atoms with Gasteiger partial charge in [-0.15, -0.1) is 0 Å². The van der Waals surface area contributed by atoms with Gasteiger partial charge in [0.15, 0.2) is 0 Å². The molecule has 0 spiro atoms. The zero-order chi connectivity index (χ0) is 21.3. The summed E-state index contributed by atoms with van der Waals surface area (Å²) in [5, 5.41) is 0.393. The van der Waals surface area contributed by atoms with Gasteiger partial charge in [-0.3, -0.25) is 9.36 Å². The molecule has 0 unspecified atom stereocenters. The third-order valence-corrected chi connectivity index (χ3v) is 5.02. The highest BCUT2D eigenvalue weighted by molar-refractivity contribution is 5.93. The Morgan fingerprint density at radius 2 is 1.67 bits per heavy atom. The number of aromatic nitrogens is 2. The SMILES string of the molecule is COC(=O)c1ccccc1-n1c(=O)c2ccccc2n(Cc2cccc(C)c2)c1=O. The maximum Gasteiger partial charge on any atom is 0.339 e. The van der Waals surface area contributed by atoms with Crippen LogP contribution in [0.15, 0.2) is 82.4 Å². The molecule has 0 amide bonds. The van der Waals surface area contributed by atoms with Crippen molar-refractivity contribution in [2.24, 2.45) is 0 Å². The van der Waals surface area contributed by atoms with Gasteiger partial charge in [0.2, 0.25) is 0 Å². The molecule has 6 nitrogen and oxygen atoms in total. The Hall–Kier alpha value is -3.93. The van der Waals surface area contributed by atoms with E-state index in [1.807, 2.05) is 31.2 Å². The van der Waals surface area contributed by atoms with E-state index in [0.717, 1.165) is 15.7 Å². The number of aryl methyl sites for hydroxylation is 1. The fourth-order valence-electron chi connectivity index (χ4n) is 3.63. The summed E-state index contributed by atoms with van der Waals surface area (Å²) in [6, 6.07) is 21.3. The van der Waals surface area contributed by atoms with Crippen LogP contribution >= 0.6 is 0 Å². The molecule has 0 atom stereocenters. The molecule has 30 heavy (non-hydrogen) atoms. The van der Waals surface area contributed by atoms with E-state index in [0.29, 0.717) is 17.4 Å². The molecule has 0 aliphatic rings. The molecule has 0 saturated heterocycles. The van der Waals surface area contributed by atoms with E-state index in [2.05, 4.69) is 0 Å². The van der Waals surface area contributed by atoms with E-state index in [-0.39, 0.29) is 11.3 Å². The van der Waals surface area contributed by atoms with Crippen LogP contribution in [0, 0.1) is 6.92 Å². The van der Waals surface area contributed by atoms with E-state index >= 15 is 0 Å². The fourth-order valence-corrected chi connectivity index (χ4v) is 3.63. The average molecular weight is 400 g/mol. The molecule has 1 heterocycles. The number of para-hydroxylation sites is 2. The van der Waals surface area contributed by atoms with Gasteiger partial charge in [0.05, 0.1) is 35.8 Å². The maximum absolute atomic E-state index is 13.5. The minimum absolute atomic E-state index is 0.150. The lowest BCUT2D eigenvalue weighted by molar-refractivity contribution is 0.0600. The van der Waals surface area contributed by atoms with Gasteiger partial charge in [-0.1, -0.05) is 54.1 Å². The van der Waals surface area contributed by atoms with Crippen molar-refractivity contribution in [3.8, 4) is 5.69 Å². The van der Waals surface area contributed by atoms with E-state index in [9.17, 15) is 14.4 Å². The van der Waals surface area contributed by atoms with Gasteiger partial charge >= 0.3 is 11.7 Å². The van der Waals surface area contributed by atoms with E-state index in [1.54, 1.807) is 47.0 Å². The number of methoxy groups -OCH3 is 1. The molecular weight excluding hydrogens is 380 g/mol. The van der Waals surface area contributed by atoms with Crippen molar-refractivity contribution >= 4 is 16.9 Å².